The van der Waals surface area contributed by atoms with Crippen molar-refractivity contribution in [3.05, 3.63) is 65.7 Å². The van der Waals surface area contributed by atoms with E-state index in [1.165, 1.54) is 0 Å². The highest BCUT2D eigenvalue weighted by atomic mass is 16.5. The van der Waals surface area contributed by atoms with Gasteiger partial charge in [-0.2, -0.15) is 0 Å². The van der Waals surface area contributed by atoms with Gasteiger partial charge in [0.25, 0.3) is 0 Å². The van der Waals surface area contributed by atoms with Crippen LogP contribution in [0.2, 0.25) is 0 Å². The molecule has 0 aromatic heterocycles. The molecule has 6 heteroatoms. The van der Waals surface area contributed by atoms with Crippen LogP contribution in [-0.4, -0.2) is 57.9 Å². The van der Waals surface area contributed by atoms with Gasteiger partial charge in [0.1, 0.15) is 11.5 Å². The topological polar surface area (TPSA) is 60.0 Å². The number of nitrogens with zero attached hydrogens (tertiary/aromatic N) is 1. The lowest BCUT2D eigenvalue weighted by Crippen LogP contribution is -2.43. The Hall–Kier alpha value is -2.83. The summed E-state index contributed by atoms with van der Waals surface area (Å²) in [5.41, 5.74) is 2.01. The summed E-state index contributed by atoms with van der Waals surface area (Å²) in [6.45, 7) is 3.59. The molecule has 1 aliphatic heterocycles. The predicted octanol–water partition coefficient (Wildman–Crippen LogP) is 2.91. The average molecular weight is 396 g/mol. The minimum Gasteiger partial charge on any atom is -0.497 e. The number of methoxy groups -OCH3 is 2. The number of morpholine rings is 1. The second-order valence-corrected chi connectivity index (χ2v) is 6.76. The monoisotopic (exact) mass is 396 g/mol. The standard InChI is InChI=1S/C23H28N2O4/c1-27-20-10-7-18(8-11-20)21(25-13-15-29-16-14-25)17-24-23(26)12-9-19-5-3-4-6-22(19)28-2/h3-12,21H,13-17H2,1-2H3,(H,24,26)/b12-9+. The maximum absolute atomic E-state index is 12.4. The number of nitrogens with one attached hydrogen (secondary N) is 1. The third-order valence-electron chi connectivity index (χ3n) is 5.01. The normalized spacial score (nSPS) is 15.8. The molecule has 2 aromatic carbocycles. The first kappa shape index (κ1) is 20.9. The van der Waals surface area contributed by atoms with Crippen molar-refractivity contribution >= 4 is 12.0 Å². The molecule has 1 N–H and O–H groups in total. The summed E-state index contributed by atoms with van der Waals surface area (Å²) >= 11 is 0. The molecule has 3 rings (SSSR count). The smallest absolute Gasteiger partial charge is 0.244 e. The van der Waals surface area contributed by atoms with Crippen molar-refractivity contribution in [2.45, 2.75) is 6.04 Å². The SMILES string of the molecule is COc1ccc(C(CNC(=O)/C=C/c2ccccc2OC)N2CCOCC2)cc1. The molecule has 1 atom stereocenters. The molecule has 0 saturated carbocycles. The summed E-state index contributed by atoms with van der Waals surface area (Å²) in [4.78, 5) is 14.8. The van der Waals surface area contributed by atoms with Crippen LogP contribution in [0, 0.1) is 0 Å². The maximum atomic E-state index is 12.4. The number of para-hydroxylation sites is 1. The Labute approximate surface area is 172 Å². The molecular weight excluding hydrogens is 368 g/mol. The van der Waals surface area contributed by atoms with Crippen molar-refractivity contribution in [2.24, 2.45) is 0 Å². The summed E-state index contributed by atoms with van der Waals surface area (Å²) in [6.07, 6.45) is 3.31. The summed E-state index contributed by atoms with van der Waals surface area (Å²) in [5, 5.41) is 3.03. The second-order valence-electron chi connectivity index (χ2n) is 6.76. The number of carbonyl (C=O) groups excluding carboxylic acids is 1. The Bertz CT molecular complexity index is 814. The first-order chi connectivity index (χ1) is 14.2. The number of hydrogen-bond acceptors (Lipinski definition) is 5. The number of hydrogen-bond donors (Lipinski definition) is 1. The van der Waals surface area contributed by atoms with E-state index in [0.29, 0.717) is 19.8 Å². The van der Waals surface area contributed by atoms with Gasteiger partial charge in [0.15, 0.2) is 0 Å². The lowest BCUT2D eigenvalue weighted by Gasteiger charge is -2.34. The molecule has 1 amide bonds. The highest BCUT2D eigenvalue weighted by Gasteiger charge is 2.23. The van der Waals surface area contributed by atoms with Crippen LogP contribution in [0.4, 0.5) is 0 Å². The minimum absolute atomic E-state index is 0.0772. The Morgan fingerprint density at radius 3 is 2.52 bits per heavy atom. The van der Waals surface area contributed by atoms with Crippen molar-refractivity contribution in [3.63, 3.8) is 0 Å². The van der Waals surface area contributed by atoms with Crippen molar-refractivity contribution in [3.8, 4) is 11.5 Å². The van der Waals surface area contributed by atoms with Gasteiger partial charge in [0.2, 0.25) is 5.91 Å². The van der Waals surface area contributed by atoms with Gasteiger partial charge in [-0.15, -0.1) is 0 Å². The molecule has 1 aliphatic rings. The van der Waals surface area contributed by atoms with E-state index in [1.54, 1.807) is 26.4 Å². The molecule has 1 saturated heterocycles. The Morgan fingerprint density at radius 1 is 1.10 bits per heavy atom. The minimum atomic E-state index is -0.136. The fraction of sp³-hybridized carbons (Fsp3) is 0.348. The lowest BCUT2D eigenvalue weighted by atomic mass is 10.0. The highest BCUT2D eigenvalue weighted by molar-refractivity contribution is 5.92. The Kier molecular flexibility index (Phi) is 7.67. The molecule has 154 valence electrons. The van der Waals surface area contributed by atoms with Crippen LogP contribution in [0.1, 0.15) is 17.2 Å². The van der Waals surface area contributed by atoms with E-state index in [1.807, 2.05) is 36.4 Å². The van der Waals surface area contributed by atoms with Gasteiger partial charge in [-0.1, -0.05) is 30.3 Å². The van der Waals surface area contributed by atoms with E-state index in [-0.39, 0.29) is 11.9 Å². The first-order valence-corrected chi connectivity index (χ1v) is 9.76. The molecule has 0 radical (unpaired) electrons. The van der Waals surface area contributed by atoms with Gasteiger partial charge in [0, 0.05) is 31.3 Å². The third-order valence-corrected chi connectivity index (χ3v) is 5.01. The average Bonchev–Trinajstić information content (AvgIpc) is 2.79. The predicted molar refractivity (Wildman–Crippen MR) is 113 cm³/mol. The van der Waals surface area contributed by atoms with Gasteiger partial charge in [-0.25, -0.2) is 0 Å². The van der Waals surface area contributed by atoms with E-state index in [9.17, 15) is 4.79 Å². The number of ether oxygens (including phenoxy) is 3. The quantitative estimate of drug-likeness (QED) is 0.696. The fourth-order valence-electron chi connectivity index (χ4n) is 3.40. The van der Waals surface area contributed by atoms with Crippen molar-refractivity contribution < 1.29 is 19.0 Å². The van der Waals surface area contributed by atoms with E-state index >= 15 is 0 Å². The summed E-state index contributed by atoms with van der Waals surface area (Å²) in [5.74, 6) is 1.42. The van der Waals surface area contributed by atoms with Crippen molar-refractivity contribution in [1.82, 2.24) is 10.2 Å². The molecule has 0 aliphatic carbocycles. The summed E-state index contributed by atoms with van der Waals surface area (Å²) < 4.78 is 16.1. The molecular formula is C23H28N2O4. The van der Waals surface area contributed by atoms with Crippen molar-refractivity contribution in [1.29, 1.82) is 0 Å². The van der Waals surface area contributed by atoms with E-state index in [0.717, 1.165) is 35.7 Å². The third kappa shape index (κ3) is 5.82. The molecule has 1 unspecified atom stereocenters. The van der Waals surface area contributed by atoms with E-state index in [4.69, 9.17) is 14.2 Å². The van der Waals surface area contributed by atoms with E-state index < -0.39 is 0 Å². The number of amides is 1. The van der Waals surface area contributed by atoms with E-state index in [2.05, 4.69) is 22.3 Å². The van der Waals surface area contributed by atoms with Crippen LogP contribution in [0.3, 0.4) is 0 Å². The zero-order chi connectivity index (χ0) is 20.5. The van der Waals surface area contributed by atoms with Crippen LogP contribution >= 0.6 is 0 Å². The molecule has 1 fully saturated rings. The molecule has 1 heterocycles. The molecule has 6 nitrogen and oxygen atoms in total. The number of carbonyl (C=O) groups is 1. The molecule has 29 heavy (non-hydrogen) atoms. The molecule has 0 bridgehead atoms. The Morgan fingerprint density at radius 2 is 1.83 bits per heavy atom. The van der Waals surface area contributed by atoms with Gasteiger partial charge < -0.3 is 19.5 Å². The molecule has 0 spiro atoms. The lowest BCUT2D eigenvalue weighted by molar-refractivity contribution is -0.116. The first-order valence-electron chi connectivity index (χ1n) is 9.76. The largest absolute Gasteiger partial charge is 0.497 e. The molecule has 2 aromatic rings. The second kappa shape index (κ2) is 10.6. The zero-order valence-corrected chi connectivity index (χ0v) is 17.0. The van der Waals surface area contributed by atoms with Crippen LogP contribution in [0.5, 0.6) is 11.5 Å². The van der Waals surface area contributed by atoms with Gasteiger partial charge in [-0.05, 0) is 29.8 Å². The number of rotatable bonds is 8. The fourth-order valence-corrected chi connectivity index (χ4v) is 3.40. The van der Waals surface area contributed by atoms with Crippen molar-refractivity contribution in [2.75, 3.05) is 47.1 Å². The van der Waals surface area contributed by atoms with Crippen LogP contribution in [0.15, 0.2) is 54.6 Å². The zero-order valence-electron chi connectivity index (χ0n) is 17.0. The van der Waals surface area contributed by atoms with Gasteiger partial charge in [-0.3, -0.25) is 9.69 Å². The van der Waals surface area contributed by atoms with Gasteiger partial charge in [0.05, 0.1) is 33.5 Å². The summed E-state index contributed by atoms with van der Waals surface area (Å²) in [6, 6.07) is 15.7. The number of benzene rings is 2. The highest BCUT2D eigenvalue weighted by Crippen LogP contribution is 2.24. The van der Waals surface area contributed by atoms with Gasteiger partial charge >= 0.3 is 0 Å². The van der Waals surface area contributed by atoms with Crippen LogP contribution in [-0.2, 0) is 9.53 Å². The Balaban J connectivity index is 1.67. The summed E-state index contributed by atoms with van der Waals surface area (Å²) in [7, 11) is 3.28. The maximum Gasteiger partial charge on any atom is 0.244 e. The van der Waals surface area contributed by atoms with Crippen LogP contribution < -0.4 is 14.8 Å². The van der Waals surface area contributed by atoms with Crippen LogP contribution in [0.25, 0.3) is 6.08 Å².